The summed E-state index contributed by atoms with van der Waals surface area (Å²) in [6.07, 6.45) is 7.34. The van der Waals surface area contributed by atoms with Gasteiger partial charge in [0, 0.05) is 6.54 Å². The Hall–Kier alpha value is -1.22. The Morgan fingerprint density at radius 3 is 2.18 bits per heavy atom. The standard InChI is InChI=1S/C14H20N2O4S2/c15-21(17,18)13-6-8-14(9-7-13)22(19,20)16-11-10-12-4-2-1-3-5-12/h4,6-9,16H,1-3,5,10-11H2,(H2,15,17,18). The molecule has 1 aliphatic rings. The first kappa shape index (κ1) is 17.1. The highest BCUT2D eigenvalue weighted by Gasteiger charge is 2.15. The number of benzene rings is 1. The van der Waals surface area contributed by atoms with E-state index in [0.29, 0.717) is 13.0 Å². The Kier molecular flexibility index (Phi) is 5.38. The summed E-state index contributed by atoms with van der Waals surface area (Å²) in [7, 11) is -7.46. The fraction of sp³-hybridized carbons (Fsp3) is 0.429. The van der Waals surface area contributed by atoms with Crippen molar-refractivity contribution in [2.75, 3.05) is 6.54 Å². The molecule has 3 N–H and O–H groups in total. The van der Waals surface area contributed by atoms with Crippen LogP contribution in [0.4, 0.5) is 0 Å². The van der Waals surface area contributed by atoms with Crippen molar-refractivity contribution in [3.05, 3.63) is 35.9 Å². The fourth-order valence-electron chi connectivity index (χ4n) is 2.37. The molecule has 0 aliphatic heterocycles. The maximum atomic E-state index is 12.1. The molecule has 0 saturated heterocycles. The SMILES string of the molecule is NS(=O)(=O)c1ccc(S(=O)(=O)NCCC2=CCCCC2)cc1. The van der Waals surface area contributed by atoms with Crippen molar-refractivity contribution in [3.8, 4) is 0 Å². The number of allylic oxidation sites excluding steroid dienone is 1. The van der Waals surface area contributed by atoms with Crippen LogP contribution in [-0.4, -0.2) is 23.4 Å². The van der Waals surface area contributed by atoms with Crippen molar-refractivity contribution in [2.24, 2.45) is 5.14 Å². The Morgan fingerprint density at radius 2 is 1.64 bits per heavy atom. The number of hydrogen-bond acceptors (Lipinski definition) is 4. The van der Waals surface area contributed by atoms with Crippen LogP contribution >= 0.6 is 0 Å². The molecule has 8 heteroatoms. The van der Waals surface area contributed by atoms with Crippen LogP contribution in [0.2, 0.25) is 0 Å². The molecule has 22 heavy (non-hydrogen) atoms. The number of rotatable bonds is 6. The normalized spacial score (nSPS) is 16.3. The van der Waals surface area contributed by atoms with Crippen molar-refractivity contribution in [2.45, 2.75) is 41.9 Å². The third kappa shape index (κ3) is 4.64. The van der Waals surface area contributed by atoms with Crippen molar-refractivity contribution in [1.82, 2.24) is 4.72 Å². The molecule has 0 saturated carbocycles. The van der Waals surface area contributed by atoms with E-state index in [0.717, 1.165) is 19.3 Å². The average molecular weight is 344 g/mol. The molecule has 6 nitrogen and oxygen atoms in total. The lowest BCUT2D eigenvalue weighted by molar-refractivity contribution is 0.578. The van der Waals surface area contributed by atoms with Gasteiger partial charge in [0.25, 0.3) is 0 Å². The summed E-state index contributed by atoms with van der Waals surface area (Å²) < 4.78 is 49.1. The van der Waals surface area contributed by atoms with Gasteiger partial charge in [0.1, 0.15) is 0 Å². The highest BCUT2D eigenvalue weighted by atomic mass is 32.2. The molecular weight excluding hydrogens is 324 g/mol. The van der Waals surface area contributed by atoms with Crippen molar-refractivity contribution in [1.29, 1.82) is 0 Å². The van der Waals surface area contributed by atoms with Crippen LogP contribution in [0.25, 0.3) is 0 Å². The number of primary sulfonamides is 1. The maximum Gasteiger partial charge on any atom is 0.240 e. The van der Waals surface area contributed by atoms with Gasteiger partial charge in [-0.05, 0) is 56.4 Å². The van der Waals surface area contributed by atoms with Gasteiger partial charge in [-0.2, -0.15) is 0 Å². The maximum absolute atomic E-state index is 12.1. The van der Waals surface area contributed by atoms with E-state index in [4.69, 9.17) is 5.14 Å². The van der Waals surface area contributed by atoms with E-state index < -0.39 is 20.0 Å². The number of nitrogens with one attached hydrogen (secondary N) is 1. The first-order valence-electron chi connectivity index (χ1n) is 7.09. The third-order valence-electron chi connectivity index (χ3n) is 3.59. The second kappa shape index (κ2) is 6.91. The lowest BCUT2D eigenvalue weighted by Crippen LogP contribution is -2.25. The van der Waals surface area contributed by atoms with Crippen LogP contribution in [0.5, 0.6) is 0 Å². The quantitative estimate of drug-likeness (QED) is 0.763. The van der Waals surface area contributed by atoms with Gasteiger partial charge in [-0.15, -0.1) is 0 Å². The molecule has 2 rings (SSSR count). The molecule has 0 amide bonds. The summed E-state index contributed by atoms with van der Waals surface area (Å²) in [5.74, 6) is 0. The van der Waals surface area contributed by atoms with Crippen LogP contribution < -0.4 is 9.86 Å². The minimum Gasteiger partial charge on any atom is -0.225 e. The smallest absolute Gasteiger partial charge is 0.225 e. The van der Waals surface area contributed by atoms with E-state index in [9.17, 15) is 16.8 Å². The van der Waals surface area contributed by atoms with E-state index in [-0.39, 0.29) is 9.79 Å². The molecule has 1 aromatic rings. The van der Waals surface area contributed by atoms with Gasteiger partial charge in [-0.25, -0.2) is 26.7 Å². The van der Waals surface area contributed by atoms with E-state index >= 15 is 0 Å². The second-order valence-electron chi connectivity index (χ2n) is 5.27. The zero-order valence-electron chi connectivity index (χ0n) is 12.2. The van der Waals surface area contributed by atoms with Gasteiger partial charge in [-0.1, -0.05) is 11.6 Å². The Morgan fingerprint density at radius 1 is 1.00 bits per heavy atom. The van der Waals surface area contributed by atoms with Crippen molar-refractivity contribution >= 4 is 20.0 Å². The molecule has 0 heterocycles. The van der Waals surface area contributed by atoms with Gasteiger partial charge in [0.15, 0.2) is 0 Å². The zero-order chi connectivity index (χ0) is 16.2. The van der Waals surface area contributed by atoms with E-state index in [1.54, 1.807) is 0 Å². The van der Waals surface area contributed by atoms with Gasteiger partial charge in [-0.3, -0.25) is 0 Å². The van der Waals surface area contributed by atoms with Crippen LogP contribution in [0.15, 0.2) is 45.7 Å². The molecule has 0 bridgehead atoms. The first-order valence-corrected chi connectivity index (χ1v) is 10.1. The predicted octanol–water partition coefficient (Wildman–Crippen LogP) is 1.50. The van der Waals surface area contributed by atoms with Crippen LogP contribution in [0.1, 0.15) is 32.1 Å². The van der Waals surface area contributed by atoms with Gasteiger partial charge >= 0.3 is 0 Å². The molecule has 0 spiro atoms. The predicted molar refractivity (Wildman–Crippen MR) is 84.2 cm³/mol. The van der Waals surface area contributed by atoms with Gasteiger partial charge in [0.05, 0.1) is 9.79 Å². The minimum atomic E-state index is -3.82. The zero-order valence-corrected chi connectivity index (χ0v) is 13.8. The molecule has 1 aliphatic carbocycles. The number of nitrogens with two attached hydrogens (primary N) is 1. The van der Waals surface area contributed by atoms with Gasteiger partial charge < -0.3 is 0 Å². The molecule has 0 unspecified atom stereocenters. The van der Waals surface area contributed by atoms with E-state index in [1.807, 2.05) is 0 Å². The summed E-state index contributed by atoms with van der Waals surface area (Å²) in [5, 5.41) is 4.98. The summed E-state index contributed by atoms with van der Waals surface area (Å²) in [5.41, 5.74) is 1.29. The Labute approximate surface area is 131 Å². The molecule has 1 aromatic carbocycles. The fourth-order valence-corrected chi connectivity index (χ4v) is 3.92. The molecule has 0 atom stereocenters. The number of sulfonamides is 2. The third-order valence-corrected chi connectivity index (χ3v) is 5.99. The molecule has 0 fully saturated rings. The Bertz CT molecular complexity index is 751. The monoisotopic (exact) mass is 344 g/mol. The molecular formula is C14H20N2O4S2. The molecule has 122 valence electrons. The number of hydrogen-bond donors (Lipinski definition) is 2. The Balaban J connectivity index is 1.99. The highest BCUT2D eigenvalue weighted by molar-refractivity contribution is 7.89. The first-order chi connectivity index (χ1) is 10.3. The second-order valence-corrected chi connectivity index (χ2v) is 8.60. The summed E-state index contributed by atoms with van der Waals surface area (Å²) in [6.45, 7) is 0.338. The van der Waals surface area contributed by atoms with Crippen LogP contribution in [0.3, 0.4) is 0 Å². The van der Waals surface area contributed by atoms with Gasteiger partial charge in [0.2, 0.25) is 20.0 Å². The minimum absolute atomic E-state index is 0.0255. The average Bonchev–Trinajstić information content (AvgIpc) is 2.47. The molecule has 0 aromatic heterocycles. The van der Waals surface area contributed by atoms with Crippen molar-refractivity contribution < 1.29 is 16.8 Å². The van der Waals surface area contributed by atoms with E-state index in [1.165, 1.54) is 36.3 Å². The largest absolute Gasteiger partial charge is 0.240 e. The highest BCUT2D eigenvalue weighted by Crippen LogP contribution is 2.20. The topological polar surface area (TPSA) is 106 Å². The lowest BCUT2D eigenvalue weighted by atomic mass is 9.97. The molecule has 0 radical (unpaired) electrons. The summed E-state index contributed by atoms with van der Waals surface area (Å²) in [4.78, 5) is -0.0867. The van der Waals surface area contributed by atoms with Crippen LogP contribution in [-0.2, 0) is 20.0 Å². The summed E-state index contributed by atoms with van der Waals surface area (Å²) >= 11 is 0. The van der Waals surface area contributed by atoms with Crippen LogP contribution in [0, 0.1) is 0 Å². The van der Waals surface area contributed by atoms with Crippen molar-refractivity contribution in [3.63, 3.8) is 0 Å². The lowest BCUT2D eigenvalue weighted by Gasteiger charge is -2.13. The summed E-state index contributed by atoms with van der Waals surface area (Å²) in [6, 6.07) is 4.85. The van der Waals surface area contributed by atoms with E-state index in [2.05, 4.69) is 10.8 Å².